The van der Waals surface area contributed by atoms with Gasteiger partial charge in [0, 0.05) is 13.2 Å². The van der Waals surface area contributed by atoms with E-state index in [1.54, 1.807) is 0 Å². The first-order valence-corrected chi connectivity index (χ1v) is 7.72. The normalized spacial score (nSPS) is 13.4. The van der Waals surface area contributed by atoms with E-state index in [1.165, 1.54) is 0 Å². The van der Waals surface area contributed by atoms with E-state index in [4.69, 9.17) is 9.16 Å². The smallest absolute Gasteiger partial charge is 0.158 e. The van der Waals surface area contributed by atoms with E-state index in [2.05, 4.69) is 6.55 Å². The number of aliphatic hydroxyl groups is 1. The van der Waals surface area contributed by atoms with E-state index in [0.717, 1.165) is 18.6 Å². The number of rotatable bonds is 8. The van der Waals surface area contributed by atoms with Crippen molar-refractivity contribution < 1.29 is 14.3 Å². The van der Waals surface area contributed by atoms with Gasteiger partial charge in [0.15, 0.2) is 9.76 Å². The average Bonchev–Trinajstić information content (AvgIpc) is 2.35. The number of ether oxygens (including phenoxy) is 1. The second kappa shape index (κ2) is 8.47. The van der Waals surface area contributed by atoms with Gasteiger partial charge in [-0.15, -0.1) is 0 Å². The molecule has 1 atom stereocenters. The summed E-state index contributed by atoms with van der Waals surface area (Å²) in [6.45, 7) is 3.54. The van der Waals surface area contributed by atoms with E-state index in [0.29, 0.717) is 6.61 Å². The van der Waals surface area contributed by atoms with Crippen LogP contribution in [0.4, 0.5) is 0 Å². The summed E-state index contributed by atoms with van der Waals surface area (Å²) in [6, 6.07) is 9.80. The first-order valence-electron chi connectivity index (χ1n) is 5.73. The predicted octanol–water partition coefficient (Wildman–Crippen LogP) is 1.28. The van der Waals surface area contributed by atoms with E-state index < -0.39 is 0 Å². The van der Waals surface area contributed by atoms with Gasteiger partial charge in [-0.2, -0.15) is 0 Å². The summed E-state index contributed by atoms with van der Waals surface area (Å²) in [5, 5.41) is 9.23. The molecule has 0 bridgehead atoms. The number of hydrogen-bond donors (Lipinski definition) is 1. The van der Waals surface area contributed by atoms with Gasteiger partial charge < -0.3 is 14.3 Å². The maximum absolute atomic E-state index is 9.23. The molecule has 1 N–H and O–H groups in total. The van der Waals surface area contributed by atoms with Gasteiger partial charge in [-0.1, -0.05) is 36.9 Å². The minimum absolute atomic E-state index is 0.0212. The lowest BCUT2D eigenvalue weighted by atomic mass is 10.1. The predicted molar refractivity (Wildman–Crippen MR) is 67.2 cm³/mol. The number of aliphatic hydroxyl groups excluding tert-OH is 1. The molecule has 0 fully saturated rings. The van der Waals surface area contributed by atoms with Crippen LogP contribution in [-0.4, -0.2) is 34.7 Å². The molecule has 0 saturated heterocycles. The molecule has 0 radical (unpaired) electrons. The van der Waals surface area contributed by atoms with Gasteiger partial charge in [-0.25, -0.2) is 0 Å². The van der Waals surface area contributed by atoms with Crippen LogP contribution in [0.15, 0.2) is 30.3 Å². The molecule has 0 aliphatic heterocycles. The molecule has 0 aliphatic rings. The fourth-order valence-electron chi connectivity index (χ4n) is 1.45. The first kappa shape index (κ1) is 13.4. The van der Waals surface area contributed by atoms with Gasteiger partial charge in [0.1, 0.15) is 6.10 Å². The third-order valence-corrected chi connectivity index (χ3v) is 2.99. The molecule has 4 heteroatoms. The lowest BCUT2D eigenvalue weighted by Gasteiger charge is -2.15. The molecule has 0 heterocycles. The Morgan fingerprint density at radius 1 is 1.25 bits per heavy atom. The van der Waals surface area contributed by atoms with Gasteiger partial charge >= 0.3 is 0 Å². The van der Waals surface area contributed by atoms with Crippen molar-refractivity contribution in [3.8, 4) is 0 Å². The highest BCUT2D eigenvalue weighted by molar-refractivity contribution is 6.24. The summed E-state index contributed by atoms with van der Waals surface area (Å²) in [6.07, 6.45) is 0.685. The molecule has 90 valence electrons. The second-order valence-electron chi connectivity index (χ2n) is 3.50. The SMILES string of the molecule is C[SiH2]OCCCOC(CO)c1ccccc1. The summed E-state index contributed by atoms with van der Waals surface area (Å²) in [5.41, 5.74) is 1.02. The van der Waals surface area contributed by atoms with Crippen molar-refractivity contribution in [1.29, 1.82) is 0 Å². The topological polar surface area (TPSA) is 38.7 Å². The largest absolute Gasteiger partial charge is 0.424 e. The molecule has 3 nitrogen and oxygen atoms in total. The molecular formula is C12H20O3Si. The zero-order chi connectivity index (χ0) is 11.6. The third-order valence-electron chi connectivity index (χ3n) is 2.29. The maximum Gasteiger partial charge on any atom is 0.158 e. The Morgan fingerprint density at radius 2 is 2.00 bits per heavy atom. The fourth-order valence-corrected chi connectivity index (χ4v) is 1.95. The first-order chi connectivity index (χ1) is 7.88. The minimum atomic E-state index is -0.294. The van der Waals surface area contributed by atoms with Crippen molar-refractivity contribution in [3.05, 3.63) is 35.9 Å². The van der Waals surface area contributed by atoms with Crippen molar-refractivity contribution in [1.82, 2.24) is 0 Å². The van der Waals surface area contributed by atoms with Crippen LogP contribution in [0, 0.1) is 0 Å². The quantitative estimate of drug-likeness (QED) is 0.549. The second-order valence-corrected chi connectivity index (χ2v) is 4.49. The summed E-state index contributed by atoms with van der Waals surface area (Å²) in [4.78, 5) is 0. The fraction of sp³-hybridized carbons (Fsp3) is 0.500. The zero-order valence-corrected chi connectivity index (χ0v) is 11.2. The Kier molecular flexibility index (Phi) is 7.08. The summed E-state index contributed by atoms with van der Waals surface area (Å²) >= 11 is 0. The third kappa shape index (κ3) is 4.89. The monoisotopic (exact) mass is 240 g/mol. The van der Waals surface area contributed by atoms with Gasteiger partial charge in [0.05, 0.1) is 6.61 Å². The number of hydrogen-bond acceptors (Lipinski definition) is 3. The zero-order valence-electron chi connectivity index (χ0n) is 9.76. The summed E-state index contributed by atoms with van der Waals surface area (Å²) in [5.74, 6) is 0. The van der Waals surface area contributed by atoms with Crippen LogP contribution in [0.5, 0.6) is 0 Å². The van der Waals surface area contributed by atoms with Gasteiger partial charge in [-0.3, -0.25) is 0 Å². The minimum Gasteiger partial charge on any atom is -0.424 e. The molecule has 1 aromatic rings. The summed E-state index contributed by atoms with van der Waals surface area (Å²) < 4.78 is 11.0. The van der Waals surface area contributed by atoms with Crippen LogP contribution in [0.1, 0.15) is 18.1 Å². The number of benzene rings is 1. The lowest BCUT2D eigenvalue weighted by molar-refractivity contribution is 0.00703. The average molecular weight is 240 g/mol. The van der Waals surface area contributed by atoms with E-state index in [9.17, 15) is 5.11 Å². The maximum atomic E-state index is 9.23. The summed E-state index contributed by atoms with van der Waals surface area (Å²) in [7, 11) is -0.294. The molecule has 1 rings (SSSR count). The van der Waals surface area contributed by atoms with Gasteiger partial charge in [0.25, 0.3) is 0 Å². The van der Waals surface area contributed by atoms with Crippen molar-refractivity contribution in [3.63, 3.8) is 0 Å². The highest BCUT2D eigenvalue weighted by atomic mass is 28.2. The molecule has 0 aromatic heterocycles. The van der Waals surface area contributed by atoms with Crippen LogP contribution in [0.25, 0.3) is 0 Å². The lowest BCUT2D eigenvalue weighted by Crippen LogP contribution is -2.11. The Hall–Kier alpha value is -0.683. The van der Waals surface area contributed by atoms with Gasteiger partial charge in [0.2, 0.25) is 0 Å². The molecular weight excluding hydrogens is 220 g/mol. The van der Waals surface area contributed by atoms with Crippen LogP contribution in [0.2, 0.25) is 6.55 Å². The van der Waals surface area contributed by atoms with Gasteiger partial charge in [-0.05, 0) is 12.0 Å². The molecule has 0 aliphatic carbocycles. The molecule has 1 aromatic carbocycles. The van der Waals surface area contributed by atoms with Crippen LogP contribution >= 0.6 is 0 Å². The van der Waals surface area contributed by atoms with Crippen molar-refractivity contribution in [2.24, 2.45) is 0 Å². The molecule has 0 amide bonds. The Morgan fingerprint density at radius 3 is 2.62 bits per heavy atom. The van der Waals surface area contributed by atoms with Crippen LogP contribution in [-0.2, 0) is 9.16 Å². The highest BCUT2D eigenvalue weighted by Crippen LogP contribution is 2.16. The van der Waals surface area contributed by atoms with Crippen molar-refractivity contribution >= 4 is 9.76 Å². The van der Waals surface area contributed by atoms with E-state index in [-0.39, 0.29) is 22.5 Å². The molecule has 16 heavy (non-hydrogen) atoms. The van der Waals surface area contributed by atoms with Crippen molar-refractivity contribution in [2.45, 2.75) is 19.1 Å². The Balaban J connectivity index is 2.27. The highest BCUT2D eigenvalue weighted by Gasteiger charge is 2.09. The molecule has 1 unspecified atom stereocenters. The van der Waals surface area contributed by atoms with Crippen LogP contribution < -0.4 is 0 Å². The van der Waals surface area contributed by atoms with Crippen LogP contribution in [0.3, 0.4) is 0 Å². The standard InChI is InChI=1S/C12H20O3Si/c1-16-15-9-5-8-14-12(10-13)11-6-3-2-4-7-11/h2-4,6-7,12-13H,5,8-10,16H2,1H3. The van der Waals surface area contributed by atoms with Crippen molar-refractivity contribution in [2.75, 3.05) is 19.8 Å². The molecule has 0 saturated carbocycles. The van der Waals surface area contributed by atoms with E-state index >= 15 is 0 Å². The Bertz CT molecular complexity index is 266. The molecule has 0 spiro atoms. The Labute approximate surface area is 99.3 Å². The van der Waals surface area contributed by atoms with E-state index in [1.807, 2.05) is 30.3 Å².